The van der Waals surface area contributed by atoms with Crippen LogP contribution in [0.4, 0.5) is 4.39 Å². The molecule has 1 aromatic heterocycles. The third-order valence-corrected chi connectivity index (χ3v) is 7.07. The van der Waals surface area contributed by atoms with Crippen LogP contribution in [0, 0.1) is 11.2 Å². The molecule has 4 N–H and O–H groups in total. The summed E-state index contributed by atoms with van der Waals surface area (Å²) in [5, 5.41) is 29.3. The van der Waals surface area contributed by atoms with E-state index in [1.807, 2.05) is 32.9 Å². The number of fused-ring (bicyclic) bond motifs is 1. The van der Waals surface area contributed by atoms with Crippen molar-refractivity contribution in [1.82, 2.24) is 25.3 Å². The van der Waals surface area contributed by atoms with Crippen LogP contribution in [-0.2, 0) is 16.1 Å². The van der Waals surface area contributed by atoms with Gasteiger partial charge in [0.25, 0.3) is 5.91 Å². The zero-order valence-electron chi connectivity index (χ0n) is 22.9. The Morgan fingerprint density at radius 1 is 1.12 bits per heavy atom. The Hall–Kier alpha value is -3.83. The monoisotopic (exact) mass is 553 g/mol. The summed E-state index contributed by atoms with van der Waals surface area (Å²) in [6.07, 6.45) is -0.0140. The Morgan fingerprint density at radius 3 is 2.50 bits per heavy atom. The first-order valence-corrected chi connectivity index (χ1v) is 13.4. The number of nitrogens with zero attached hydrogens (tertiary/aromatic N) is 3. The molecule has 3 amide bonds. The topological polar surface area (TPSA) is 137 Å². The van der Waals surface area contributed by atoms with Gasteiger partial charge in [-0.3, -0.25) is 19.1 Å². The molecule has 0 bridgehead atoms. The molecule has 0 radical (unpaired) electrons. The van der Waals surface area contributed by atoms with Crippen LogP contribution < -0.4 is 10.6 Å². The molecule has 0 spiro atoms. The fraction of sp³-hybridized carbons (Fsp3) is 0.448. The third-order valence-electron chi connectivity index (χ3n) is 7.07. The number of aliphatic hydroxyl groups is 2. The van der Waals surface area contributed by atoms with Gasteiger partial charge in [-0.1, -0.05) is 51.1 Å². The van der Waals surface area contributed by atoms with Gasteiger partial charge in [-0.2, -0.15) is 5.10 Å². The summed E-state index contributed by atoms with van der Waals surface area (Å²) in [5.74, 6) is -1.65. The number of likely N-dealkylation sites (tertiary alicyclic amines) is 1. The minimum absolute atomic E-state index is 0.124. The van der Waals surface area contributed by atoms with Crippen LogP contribution in [0.5, 0.6) is 0 Å². The number of carbonyl (C=O) groups is 3. The van der Waals surface area contributed by atoms with E-state index < -0.39 is 42.0 Å². The highest BCUT2D eigenvalue weighted by Crippen LogP contribution is 2.27. The average Bonchev–Trinajstić information content (AvgIpc) is 3.56. The molecule has 40 heavy (non-hydrogen) atoms. The van der Waals surface area contributed by atoms with E-state index in [-0.39, 0.29) is 24.0 Å². The number of aromatic nitrogens is 2. The second kappa shape index (κ2) is 12.1. The van der Waals surface area contributed by atoms with Crippen molar-refractivity contribution >= 4 is 28.6 Å². The third kappa shape index (κ3) is 6.48. The molecule has 11 heteroatoms. The van der Waals surface area contributed by atoms with Crippen LogP contribution in [-0.4, -0.2) is 80.5 Å². The summed E-state index contributed by atoms with van der Waals surface area (Å²) in [5.41, 5.74) is 1.01. The number of benzene rings is 2. The maximum absolute atomic E-state index is 13.8. The molecule has 1 saturated heterocycles. The van der Waals surface area contributed by atoms with Gasteiger partial charge >= 0.3 is 0 Å². The molecule has 1 fully saturated rings. The highest BCUT2D eigenvalue weighted by Gasteiger charge is 2.42. The van der Waals surface area contributed by atoms with Crippen LogP contribution in [0.2, 0.25) is 0 Å². The van der Waals surface area contributed by atoms with Crippen molar-refractivity contribution in [1.29, 1.82) is 0 Å². The summed E-state index contributed by atoms with van der Waals surface area (Å²) in [6.45, 7) is 5.58. The lowest BCUT2D eigenvalue weighted by Gasteiger charge is -2.35. The van der Waals surface area contributed by atoms with E-state index in [0.29, 0.717) is 31.3 Å². The number of rotatable bonds is 9. The van der Waals surface area contributed by atoms with Crippen LogP contribution in [0.3, 0.4) is 0 Å². The molecule has 2 aromatic carbocycles. The zero-order valence-corrected chi connectivity index (χ0v) is 22.9. The van der Waals surface area contributed by atoms with E-state index in [9.17, 15) is 23.9 Å². The number of carbonyl (C=O) groups excluding carboxylic acids is 3. The fourth-order valence-electron chi connectivity index (χ4n) is 4.90. The highest BCUT2D eigenvalue weighted by molar-refractivity contribution is 6.06. The minimum atomic E-state index is -1.09. The minimum Gasteiger partial charge on any atom is -0.394 e. The predicted molar refractivity (Wildman–Crippen MR) is 147 cm³/mol. The molecule has 3 atom stereocenters. The van der Waals surface area contributed by atoms with Crippen molar-refractivity contribution in [3.63, 3.8) is 0 Å². The Kier molecular flexibility index (Phi) is 8.85. The van der Waals surface area contributed by atoms with E-state index in [0.717, 1.165) is 11.1 Å². The van der Waals surface area contributed by atoms with Crippen molar-refractivity contribution in [2.75, 3.05) is 19.7 Å². The molecule has 0 saturated carbocycles. The van der Waals surface area contributed by atoms with E-state index >= 15 is 0 Å². The smallest absolute Gasteiger partial charge is 0.273 e. The molecule has 0 unspecified atom stereocenters. The summed E-state index contributed by atoms with van der Waals surface area (Å²) >= 11 is 0. The molecule has 214 valence electrons. The average molecular weight is 554 g/mol. The molecule has 10 nitrogen and oxygen atoms in total. The van der Waals surface area contributed by atoms with Gasteiger partial charge in [0, 0.05) is 18.5 Å². The molecular formula is C29H36FN5O5. The van der Waals surface area contributed by atoms with Crippen LogP contribution in [0.1, 0.15) is 49.7 Å². The maximum Gasteiger partial charge on any atom is 0.273 e. The quantitative estimate of drug-likeness (QED) is 0.319. The number of hydrogen-bond acceptors (Lipinski definition) is 6. The van der Waals surface area contributed by atoms with Crippen LogP contribution >= 0.6 is 0 Å². The summed E-state index contributed by atoms with van der Waals surface area (Å²) in [4.78, 5) is 41.7. The maximum atomic E-state index is 13.8. The van der Waals surface area contributed by atoms with Gasteiger partial charge in [0.1, 0.15) is 17.9 Å². The van der Waals surface area contributed by atoms with Crippen molar-refractivity contribution in [3.8, 4) is 0 Å². The van der Waals surface area contributed by atoms with Crippen molar-refractivity contribution < 1.29 is 29.0 Å². The normalized spacial score (nSPS) is 17.1. The van der Waals surface area contributed by atoms with Gasteiger partial charge in [0.05, 0.1) is 24.8 Å². The summed E-state index contributed by atoms with van der Waals surface area (Å²) in [6, 6.07) is 11.6. The number of amides is 3. The van der Waals surface area contributed by atoms with Crippen molar-refractivity contribution in [2.45, 2.75) is 58.3 Å². The molecular weight excluding hydrogens is 517 g/mol. The lowest BCUT2D eigenvalue weighted by Crippen LogP contribution is -2.58. The van der Waals surface area contributed by atoms with Gasteiger partial charge in [0.15, 0.2) is 5.69 Å². The standard InChI is InChI=1S/C29H36FN5O5/c1-29(2,3)25(28(40)34-14-6-9-23(34)26(38)31-15-20(37)17-36)32-27(39)24-21-7-4-5-8-22(21)35(33-24)16-18-10-12-19(30)13-11-18/h4-5,7-8,10-13,20,23,25,36-37H,6,9,14-17H2,1-3H3,(H,31,38)(H,32,39)/t20-,23-,25+/m0/s1. The molecule has 1 aliphatic rings. The molecule has 4 rings (SSSR count). The number of para-hydroxylation sites is 1. The van der Waals surface area contributed by atoms with Gasteiger partial charge in [0.2, 0.25) is 11.8 Å². The predicted octanol–water partition coefficient (Wildman–Crippen LogP) is 1.83. The fourth-order valence-corrected chi connectivity index (χ4v) is 4.90. The first kappa shape index (κ1) is 29.2. The second-order valence-electron chi connectivity index (χ2n) is 11.2. The number of hydrogen-bond donors (Lipinski definition) is 4. The summed E-state index contributed by atoms with van der Waals surface area (Å²) < 4.78 is 15.1. The van der Waals surface area contributed by atoms with Crippen molar-refractivity contribution in [2.24, 2.45) is 5.41 Å². The van der Waals surface area contributed by atoms with E-state index in [1.165, 1.54) is 17.0 Å². The molecule has 2 heterocycles. The number of halogens is 1. The van der Waals surface area contributed by atoms with Gasteiger partial charge in [-0.15, -0.1) is 0 Å². The van der Waals surface area contributed by atoms with Gasteiger partial charge in [-0.25, -0.2) is 4.39 Å². The number of aliphatic hydroxyl groups excluding tert-OH is 2. The van der Waals surface area contributed by atoms with E-state index in [2.05, 4.69) is 15.7 Å². The molecule has 0 aliphatic carbocycles. The highest BCUT2D eigenvalue weighted by atomic mass is 19.1. The van der Waals surface area contributed by atoms with Crippen LogP contribution in [0.25, 0.3) is 10.9 Å². The Labute approximate surface area is 232 Å². The largest absolute Gasteiger partial charge is 0.394 e. The summed E-state index contributed by atoms with van der Waals surface area (Å²) in [7, 11) is 0. The van der Waals surface area contributed by atoms with E-state index in [1.54, 1.807) is 28.9 Å². The molecule has 1 aliphatic heterocycles. The first-order chi connectivity index (χ1) is 19.0. The lowest BCUT2D eigenvalue weighted by molar-refractivity contribution is -0.142. The van der Waals surface area contributed by atoms with Crippen molar-refractivity contribution in [3.05, 3.63) is 65.6 Å². The Bertz CT molecular complexity index is 1370. The first-order valence-electron chi connectivity index (χ1n) is 13.4. The molecule has 3 aromatic rings. The Morgan fingerprint density at radius 2 is 1.82 bits per heavy atom. The SMILES string of the molecule is CC(C)(C)[C@H](NC(=O)c1nn(Cc2ccc(F)cc2)c2ccccc12)C(=O)N1CCC[C@H]1C(=O)NC[C@H](O)CO. The zero-order chi connectivity index (χ0) is 29.0. The van der Waals surface area contributed by atoms with Gasteiger partial charge in [-0.05, 0) is 42.0 Å². The lowest BCUT2D eigenvalue weighted by atomic mass is 9.85. The number of nitrogens with one attached hydrogen (secondary N) is 2. The van der Waals surface area contributed by atoms with E-state index in [4.69, 9.17) is 5.11 Å². The van der Waals surface area contributed by atoms with Crippen LogP contribution in [0.15, 0.2) is 48.5 Å². The Balaban J connectivity index is 1.56. The second-order valence-corrected chi connectivity index (χ2v) is 11.2. The van der Waals surface area contributed by atoms with Gasteiger partial charge < -0.3 is 25.7 Å².